The zero-order chi connectivity index (χ0) is 19.1. The van der Waals surface area contributed by atoms with Gasteiger partial charge >= 0.3 is 0 Å². The Hall–Kier alpha value is -3.59. The van der Waals surface area contributed by atoms with Crippen LogP contribution >= 0.6 is 0 Å². The SMILES string of the molecule is CC(C)c1ccc(NC(=O)/C(C#N)=C\NC(=O)c2ccccc2N)cc1. The summed E-state index contributed by atoms with van der Waals surface area (Å²) in [6.07, 6.45) is 1.08. The summed E-state index contributed by atoms with van der Waals surface area (Å²) < 4.78 is 0. The van der Waals surface area contributed by atoms with Gasteiger partial charge < -0.3 is 16.4 Å². The van der Waals surface area contributed by atoms with E-state index in [9.17, 15) is 14.9 Å². The molecule has 0 atom stereocenters. The van der Waals surface area contributed by atoms with Crippen molar-refractivity contribution in [2.45, 2.75) is 19.8 Å². The lowest BCUT2D eigenvalue weighted by Crippen LogP contribution is -2.22. The third kappa shape index (κ3) is 4.71. The molecule has 6 nitrogen and oxygen atoms in total. The monoisotopic (exact) mass is 348 g/mol. The van der Waals surface area contributed by atoms with Crippen LogP contribution in [0, 0.1) is 11.3 Å². The van der Waals surface area contributed by atoms with E-state index in [0.717, 1.165) is 11.8 Å². The fourth-order valence-electron chi connectivity index (χ4n) is 2.22. The van der Waals surface area contributed by atoms with Gasteiger partial charge in [-0.3, -0.25) is 9.59 Å². The molecule has 0 saturated heterocycles. The number of nitrogens with two attached hydrogens (primary N) is 1. The van der Waals surface area contributed by atoms with E-state index in [0.29, 0.717) is 17.3 Å². The minimum atomic E-state index is -0.605. The molecule has 0 aliphatic heterocycles. The number of nitrogen functional groups attached to an aromatic ring is 1. The van der Waals surface area contributed by atoms with Gasteiger partial charge in [0.15, 0.2) is 0 Å². The zero-order valence-corrected chi connectivity index (χ0v) is 14.6. The van der Waals surface area contributed by atoms with Gasteiger partial charge in [0.2, 0.25) is 0 Å². The average Bonchev–Trinajstić information content (AvgIpc) is 2.62. The number of nitriles is 1. The Morgan fingerprint density at radius 3 is 2.35 bits per heavy atom. The molecule has 0 aliphatic carbocycles. The van der Waals surface area contributed by atoms with Gasteiger partial charge in [0, 0.05) is 17.6 Å². The fraction of sp³-hybridized carbons (Fsp3) is 0.150. The number of carbonyl (C=O) groups is 2. The number of nitrogens with one attached hydrogen (secondary N) is 2. The number of para-hydroxylation sites is 1. The van der Waals surface area contributed by atoms with Crippen LogP contribution in [0.15, 0.2) is 60.3 Å². The van der Waals surface area contributed by atoms with Crippen molar-refractivity contribution in [3.63, 3.8) is 0 Å². The highest BCUT2D eigenvalue weighted by Crippen LogP contribution is 2.17. The van der Waals surface area contributed by atoms with Crippen LogP contribution in [0.5, 0.6) is 0 Å². The van der Waals surface area contributed by atoms with E-state index in [2.05, 4.69) is 24.5 Å². The quantitative estimate of drug-likeness (QED) is 0.438. The van der Waals surface area contributed by atoms with Gasteiger partial charge in [-0.1, -0.05) is 38.1 Å². The Morgan fingerprint density at radius 1 is 1.12 bits per heavy atom. The average molecular weight is 348 g/mol. The van der Waals surface area contributed by atoms with Crippen molar-refractivity contribution in [2.75, 3.05) is 11.1 Å². The Balaban J connectivity index is 2.06. The molecule has 6 heteroatoms. The number of carbonyl (C=O) groups excluding carboxylic acids is 2. The van der Waals surface area contributed by atoms with Crippen molar-refractivity contribution in [1.29, 1.82) is 5.26 Å². The molecule has 4 N–H and O–H groups in total. The van der Waals surface area contributed by atoms with Crippen molar-refractivity contribution in [3.8, 4) is 6.07 Å². The second-order valence-corrected chi connectivity index (χ2v) is 5.96. The molecule has 132 valence electrons. The fourth-order valence-corrected chi connectivity index (χ4v) is 2.22. The topological polar surface area (TPSA) is 108 Å². The van der Waals surface area contributed by atoms with E-state index < -0.39 is 11.8 Å². The summed E-state index contributed by atoms with van der Waals surface area (Å²) in [5.41, 5.74) is 7.80. The molecule has 2 aromatic rings. The molecule has 0 spiro atoms. The van der Waals surface area contributed by atoms with Crippen LogP contribution in [-0.4, -0.2) is 11.8 Å². The molecular weight excluding hydrogens is 328 g/mol. The lowest BCUT2D eigenvalue weighted by Gasteiger charge is -2.08. The maximum atomic E-state index is 12.2. The Kier molecular flexibility index (Phi) is 6.12. The summed E-state index contributed by atoms with van der Waals surface area (Å²) in [5.74, 6) is -0.717. The van der Waals surface area contributed by atoms with Gasteiger partial charge in [-0.25, -0.2) is 0 Å². The van der Waals surface area contributed by atoms with Crippen LogP contribution in [0.25, 0.3) is 0 Å². The molecule has 2 rings (SSSR count). The smallest absolute Gasteiger partial charge is 0.267 e. The minimum Gasteiger partial charge on any atom is -0.398 e. The summed E-state index contributed by atoms with van der Waals surface area (Å²) in [6, 6.07) is 15.7. The van der Waals surface area contributed by atoms with Gasteiger partial charge in [-0.05, 0) is 35.7 Å². The first kappa shape index (κ1) is 18.7. The molecule has 0 unspecified atom stereocenters. The van der Waals surface area contributed by atoms with E-state index in [1.54, 1.807) is 42.5 Å². The van der Waals surface area contributed by atoms with Gasteiger partial charge in [-0.15, -0.1) is 0 Å². The lowest BCUT2D eigenvalue weighted by atomic mass is 10.0. The van der Waals surface area contributed by atoms with E-state index in [1.807, 2.05) is 12.1 Å². The predicted molar refractivity (Wildman–Crippen MR) is 101 cm³/mol. The highest BCUT2D eigenvalue weighted by Gasteiger charge is 2.12. The molecule has 0 bridgehead atoms. The molecule has 0 aliphatic rings. The third-order valence-corrected chi connectivity index (χ3v) is 3.75. The summed E-state index contributed by atoms with van der Waals surface area (Å²) in [6.45, 7) is 4.15. The van der Waals surface area contributed by atoms with Crippen molar-refractivity contribution in [1.82, 2.24) is 5.32 Å². The van der Waals surface area contributed by atoms with Gasteiger partial charge in [0.25, 0.3) is 11.8 Å². The predicted octanol–water partition coefficient (Wildman–Crippen LogP) is 3.17. The standard InChI is InChI=1S/C20H20N4O2/c1-13(2)14-7-9-16(10-8-14)24-19(25)15(11-21)12-23-20(26)17-5-3-4-6-18(17)22/h3-10,12-13H,22H2,1-2H3,(H,23,26)(H,24,25)/b15-12-. The Bertz CT molecular complexity index is 877. The minimum absolute atomic E-state index is 0.221. The maximum Gasteiger partial charge on any atom is 0.267 e. The van der Waals surface area contributed by atoms with Crippen LogP contribution in [0.1, 0.15) is 35.7 Å². The van der Waals surface area contributed by atoms with Crippen molar-refractivity contribution >= 4 is 23.2 Å². The summed E-state index contributed by atoms with van der Waals surface area (Å²) in [4.78, 5) is 24.3. The molecule has 2 aromatic carbocycles. The summed E-state index contributed by atoms with van der Waals surface area (Å²) >= 11 is 0. The summed E-state index contributed by atoms with van der Waals surface area (Å²) in [5, 5.41) is 14.2. The van der Waals surface area contributed by atoms with Crippen LogP contribution in [0.3, 0.4) is 0 Å². The largest absolute Gasteiger partial charge is 0.398 e. The molecular formula is C20H20N4O2. The van der Waals surface area contributed by atoms with Crippen LogP contribution in [0.2, 0.25) is 0 Å². The summed E-state index contributed by atoms with van der Waals surface area (Å²) in [7, 11) is 0. The van der Waals surface area contributed by atoms with Gasteiger partial charge in [0.1, 0.15) is 11.6 Å². The number of hydrogen-bond donors (Lipinski definition) is 3. The second kappa shape index (κ2) is 8.49. The molecule has 26 heavy (non-hydrogen) atoms. The van der Waals surface area contributed by atoms with Gasteiger partial charge in [-0.2, -0.15) is 5.26 Å². The van der Waals surface area contributed by atoms with E-state index in [1.165, 1.54) is 0 Å². The lowest BCUT2D eigenvalue weighted by molar-refractivity contribution is -0.112. The first-order chi connectivity index (χ1) is 12.4. The number of hydrogen-bond acceptors (Lipinski definition) is 4. The number of anilines is 2. The van der Waals surface area contributed by atoms with E-state index >= 15 is 0 Å². The van der Waals surface area contributed by atoms with Crippen molar-refractivity contribution in [3.05, 3.63) is 71.4 Å². The third-order valence-electron chi connectivity index (χ3n) is 3.75. The molecule has 0 radical (unpaired) electrons. The highest BCUT2D eigenvalue weighted by molar-refractivity contribution is 6.07. The normalized spacial score (nSPS) is 10.9. The second-order valence-electron chi connectivity index (χ2n) is 5.96. The first-order valence-electron chi connectivity index (χ1n) is 8.09. The molecule has 0 saturated carbocycles. The number of amides is 2. The molecule has 2 amide bonds. The first-order valence-corrected chi connectivity index (χ1v) is 8.09. The Morgan fingerprint density at radius 2 is 1.77 bits per heavy atom. The van der Waals surface area contributed by atoms with E-state index in [-0.39, 0.29) is 11.1 Å². The highest BCUT2D eigenvalue weighted by atomic mass is 16.2. The van der Waals surface area contributed by atoms with Crippen LogP contribution in [0.4, 0.5) is 11.4 Å². The molecule has 0 aromatic heterocycles. The molecule has 0 heterocycles. The van der Waals surface area contributed by atoms with Gasteiger partial charge in [0.05, 0.1) is 5.56 Å². The molecule has 0 fully saturated rings. The van der Waals surface area contributed by atoms with Crippen molar-refractivity contribution in [2.24, 2.45) is 0 Å². The zero-order valence-electron chi connectivity index (χ0n) is 14.6. The number of nitrogens with zero attached hydrogens (tertiary/aromatic N) is 1. The number of rotatable bonds is 5. The Labute approximate surface area is 152 Å². The van der Waals surface area contributed by atoms with Crippen molar-refractivity contribution < 1.29 is 9.59 Å². The number of benzene rings is 2. The maximum absolute atomic E-state index is 12.2. The van der Waals surface area contributed by atoms with Crippen LogP contribution < -0.4 is 16.4 Å². The van der Waals surface area contributed by atoms with Crippen LogP contribution in [-0.2, 0) is 4.79 Å². The van der Waals surface area contributed by atoms with E-state index in [4.69, 9.17) is 5.73 Å².